The van der Waals surface area contributed by atoms with Gasteiger partial charge in [0, 0.05) is 6.54 Å². The molecule has 1 rings (SSSR count). The van der Waals surface area contributed by atoms with E-state index >= 15 is 0 Å². The van der Waals surface area contributed by atoms with Gasteiger partial charge in [0.1, 0.15) is 5.75 Å². The Morgan fingerprint density at radius 1 is 1.36 bits per heavy atom. The molecule has 1 aromatic rings. The van der Waals surface area contributed by atoms with E-state index in [0.29, 0.717) is 5.56 Å². The standard InChI is InChI=1S/C9H13NO3S/c10-4-5-14(12,13)7-8-2-1-3-9(11)6-8/h1-3,6,11H,4-5,7,10H2. The van der Waals surface area contributed by atoms with Crippen molar-refractivity contribution in [2.45, 2.75) is 5.75 Å². The lowest BCUT2D eigenvalue weighted by molar-refractivity contribution is 0.475. The number of phenols is 1. The number of sulfone groups is 1. The van der Waals surface area contributed by atoms with Gasteiger partial charge in [0.2, 0.25) is 0 Å². The van der Waals surface area contributed by atoms with Gasteiger partial charge in [-0.2, -0.15) is 0 Å². The van der Waals surface area contributed by atoms with E-state index in [1.54, 1.807) is 12.1 Å². The van der Waals surface area contributed by atoms with Crippen LogP contribution in [0.3, 0.4) is 0 Å². The van der Waals surface area contributed by atoms with Crippen molar-refractivity contribution >= 4 is 9.84 Å². The number of phenolic OH excluding ortho intramolecular Hbond substituents is 1. The van der Waals surface area contributed by atoms with Crippen LogP contribution in [-0.4, -0.2) is 25.8 Å². The first-order valence-electron chi connectivity index (χ1n) is 4.22. The van der Waals surface area contributed by atoms with Crippen LogP contribution in [0, 0.1) is 0 Å². The first-order valence-corrected chi connectivity index (χ1v) is 6.04. The average molecular weight is 215 g/mol. The Hall–Kier alpha value is -1.07. The van der Waals surface area contributed by atoms with Crippen LogP contribution in [0.15, 0.2) is 24.3 Å². The molecule has 0 aliphatic heterocycles. The minimum Gasteiger partial charge on any atom is -0.508 e. The summed E-state index contributed by atoms with van der Waals surface area (Å²) >= 11 is 0. The van der Waals surface area contributed by atoms with Crippen molar-refractivity contribution in [3.05, 3.63) is 29.8 Å². The van der Waals surface area contributed by atoms with Gasteiger partial charge in [-0.3, -0.25) is 0 Å². The van der Waals surface area contributed by atoms with Crippen molar-refractivity contribution in [3.63, 3.8) is 0 Å². The van der Waals surface area contributed by atoms with Crippen LogP contribution in [0.1, 0.15) is 5.56 Å². The second-order valence-electron chi connectivity index (χ2n) is 3.05. The summed E-state index contributed by atoms with van der Waals surface area (Å²) in [7, 11) is -3.14. The summed E-state index contributed by atoms with van der Waals surface area (Å²) in [4.78, 5) is 0. The summed E-state index contributed by atoms with van der Waals surface area (Å²) < 4.78 is 22.7. The molecule has 0 atom stereocenters. The second kappa shape index (κ2) is 4.43. The summed E-state index contributed by atoms with van der Waals surface area (Å²) in [5.41, 5.74) is 5.75. The van der Waals surface area contributed by atoms with Gasteiger partial charge in [-0.15, -0.1) is 0 Å². The third-order valence-corrected chi connectivity index (χ3v) is 3.36. The third-order valence-electron chi connectivity index (χ3n) is 1.73. The van der Waals surface area contributed by atoms with E-state index in [9.17, 15) is 8.42 Å². The molecule has 0 radical (unpaired) electrons. The van der Waals surface area contributed by atoms with Gasteiger partial charge in [-0.25, -0.2) is 8.42 Å². The number of hydrogen-bond donors (Lipinski definition) is 2. The van der Waals surface area contributed by atoms with Crippen molar-refractivity contribution in [1.29, 1.82) is 0 Å². The third kappa shape index (κ3) is 3.35. The molecule has 0 fully saturated rings. The maximum absolute atomic E-state index is 11.3. The van der Waals surface area contributed by atoms with E-state index in [1.165, 1.54) is 12.1 Å². The van der Waals surface area contributed by atoms with E-state index in [-0.39, 0.29) is 23.8 Å². The van der Waals surface area contributed by atoms with E-state index < -0.39 is 9.84 Å². The molecule has 0 unspecified atom stereocenters. The fourth-order valence-corrected chi connectivity index (χ4v) is 2.34. The van der Waals surface area contributed by atoms with Crippen LogP contribution in [0.25, 0.3) is 0 Å². The zero-order chi connectivity index (χ0) is 10.6. The Morgan fingerprint density at radius 3 is 2.64 bits per heavy atom. The molecule has 0 heterocycles. The fourth-order valence-electron chi connectivity index (χ4n) is 1.15. The molecule has 0 aliphatic rings. The predicted molar refractivity (Wildman–Crippen MR) is 54.7 cm³/mol. The highest BCUT2D eigenvalue weighted by atomic mass is 32.2. The highest BCUT2D eigenvalue weighted by Gasteiger charge is 2.10. The zero-order valence-electron chi connectivity index (χ0n) is 7.68. The van der Waals surface area contributed by atoms with Gasteiger partial charge in [0.05, 0.1) is 11.5 Å². The molecule has 3 N–H and O–H groups in total. The van der Waals surface area contributed by atoms with Gasteiger partial charge in [-0.05, 0) is 17.7 Å². The molecule has 0 saturated heterocycles. The van der Waals surface area contributed by atoms with Gasteiger partial charge in [-0.1, -0.05) is 12.1 Å². The lowest BCUT2D eigenvalue weighted by Gasteiger charge is -2.02. The quantitative estimate of drug-likeness (QED) is 0.755. The van der Waals surface area contributed by atoms with Crippen molar-refractivity contribution in [1.82, 2.24) is 0 Å². The molecule has 0 bridgehead atoms. The lowest BCUT2D eigenvalue weighted by atomic mass is 10.2. The van der Waals surface area contributed by atoms with E-state index in [4.69, 9.17) is 10.8 Å². The average Bonchev–Trinajstić information content (AvgIpc) is 2.02. The molecule has 1 aromatic carbocycles. The second-order valence-corrected chi connectivity index (χ2v) is 5.23. The number of rotatable bonds is 4. The molecule has 14 heavy (non-hydrogen) atoms. The van der Waals surface area contributed by atoms with Crippen molar-refractivity contribution in [2.75, 3.05) is 12.3 Å². The summed E-state index contributed by atoms with van der Waals surface area (Å²) in [5.74, 6) is -0.0215. The Kier molecular flexibility index (Phi) is 3.49. The monoisotopic (exact) mass is 215 g/mol. The highest BCUT2D eigenvalue weighted by Crippen LogP contribution is 2.13. The Morgan fingerprint density at radius 2 is 2.07 bits per heavy atom. The van der Waals surface area contributed by atoms with Crippen LogP contribution < -0.4 is 5.73 Å². The predicted octanol–water partition coefficient (Wildman–Crippen LogP) is 0.266. The van der Waals surface area contributed by atoms with Crippen LogP contribution in [0.2, 0.25) is 0 Å². The minimum atomic E-state index is -3.14. The van der Waals surface area contributed by atoms with Gasteiger partial charge in [0.15, 0.2) is 9.84 Å². The molecule has 5 heteroatoms. The van der Waals surface area contributed by atoms with Crippen LogP contribution in [0.5, 0.6) is 5.75 Å². The minimum absolute atomic E-state index is 0.0251. The smallest absolute Gasteiger partial charge is 0.155 e. The van der Waals surface area contributed by atoms with Gasteiger partial charge >= 0.3 is 0 Å². The van der Waals surface area contributed by atoms with Gasteiger partial charge < -0.3 is 10.8 Å². The van der Waals surface area contributed by atoms with Crippen LogP contribution >= 0.6 is 0 Å². The molecule has 0 amide bonds. The fraction of sp³-hybridized carbons (Fsp3) is 0.333. The molecule has 78 valence electrons. The van der Waals surface area contributed by atoms with Crippen molar-refractivity contribution in [2.24, 2.45) is 5.73 Å². The summed E-state index contributed by atoms with van der Waals surface area (Å²) in [6, 6.07) is 6.21. The molecule has 4 nitrogen and oxygen atoms in total. The van der Waals surface area contributed by atoms with E-state index in [1.807, 2.05) is 0 Å². The summed E-state index contributed by atoms with van der Waals surface area (Å²) in [6.07, 6.45) is 0. The number of hydrogen-bond acceptors (Lipinski definition) is 4. The number of aromatic hydroxyl groups is 1. The SMILES string of the molecule is NCCS(=O)(=O)Cc1cccc(O)c1. The first-order chi connectivity index (χ1) is 6.53. The Bertz CT molecular complexity index is 400. The maximum Gasteiger partial charge on any atom is 0.155 e. The Labute approximate surface area is 83.3 Å². The molecule has 0 aliphatic carbocycles. The largest absolute Gasteiger partial charge is 0.508 e. The topological polar surface area (TPSA) is 80.4 Å². The number of benzene rings is 1. The summed E-state index contributed by atoms with van der Waals surface area (Å²) in [5, 5.41) is 9.12. The van der Waals surface area contributed by atoms with Gasteiger partial charge in [0.25, 0.3) is 0 Å². The molecule has 0 saturated carbocycles. The zero-order valence-corrected chi connectivity index (χ0v) is 8.50. The Balaban J connectivity index is 2.79. The van der Waals surface area contributed by atoms with Crippen LogP contribution in [0.4, 0.5) is 0 Å². The molecule has 0 aromatic heterocycles. The highest BCUT2D eigenvalue weighted by molar-refractivity contribution is 7.90. The normalized spacial score (nSPS) is 11.5. The van der Waals surface area contributed by atoms with E-state index in [2.05, 4.69) is 0 Å². The lowest BCUT2D eigenvalue weighted by Crippen LogP contribution is -2.17. The van der Waals surface area contributed by atoms with E-state index in [0.717, 1.165) is 0 Å². The van der Waals surface area contributed by atoms with Crippen LogP contribution in [-0.2, 0) is 15.6 Å². The molecular formula is C9H13NO3S. The van der Waals surface area contributed by atoms with Crippen molar-refractivity contribution < 1.29 is 13.5 Å². The maximum atomic E-state index is 11.3. The molecular weight excluding hydrogens is 202 g/mol. The first kappa shape index (κ1) is 11.0. The molecule has 0 spiro atoms. The van der Waals surface area contributed by atoms with Crippen molar-refractivity contribution in [3.8, 4) is 5.75 Å². The number of nitrogens with two attached hydrogens (primary N) is 1. The summed E-state index contributed by atoms with van der Waals surface area (Å²) in [6.45, 7) is 0.126.